The molecule has 1 radical (unpaired) electrons. The van der Waals surface area contributed by atoms with Crippen LogP contribution in [0.4, 0.5) is 0 Å². The van der Waals surface area contributed by atoms with Crippen molar-refractivity contribution in [2.45, 2.75) is 86.4 Å². The van der Waals surface area contributed by atoms with Crippen molar-refractivity contribution in [1.82, 2.24) is 14.5 Å². The van der Waals surface area contributed by atoms with Crippen molar-refractivity contribution in [3.63, 3.8) is 0 Å². The zero-order valence-electron chi connectivity index (χ0n) is 34.4. The van der Waals surface area contributed by atoms with Gasteiger partial charge < -0.3 is 14.0 Å². The van der Waals surface area contributed by atoms with E-state index in [0.29, 0.717) is 17.8 Å². The molecule has 0 saturated heterocycles. The Balaban J connectivity index is 0.000000209. The summed E-state index contributed by atoms with van der Waals surface area (Å²) in [6.45, 7) is 22.9. The van der Waals surface area contributed by atoms with Gasteiger partial charge in [0, 0.05) is 37.4 Å². The first-order valence-corrected chi connectivity index (χ1v) is 23.2. The molecule has 0 aliphatic rings. The summed E-state index contributed by atoms with van der Waals surface area (Å²) < 4.78 is 8.73. The fourth-order valence-electron chi connectivity index (χ4n) is 7.70. The third-order valence-corrected chi connectivity index (χ3v) is 12.4. The summed E-state index contributed by atoms with van der Waals surface area (Å²) in [5.74, 6) is 2.26. The van der Waals surface area contributed by atoms with E-state index in [1.165, 1.54) is 33.1 Å². The van der Waals surface area contributed by atoms with Crippen LogP contribution in [-0.2, 0) is 26.5 Å². The van der Waals surface area contributed by atoms with E-state index in [4.69, 9.17) is 14.4 Å². The van der Waals surface area contributed by atoms with Gasteiger partial charge in [-0.25, -0.2) is 0 Å². The van der Waals surface area contributed by atoms with Crippen LogP contribution in [0, 0.1) is 25.0 Å². The number of nitrogens with zero attached hydrogens (tertiary/aromatic N) is 3. The number of rotatable bonds is 8. The average Bonchev–Trinajstić information content (AvgIpc) is 3.73. The molecule has 3 aromatic heterocycles. The largest absolute Gasteiger partial charge is 0.501 e. The van der Waals surface area contributed by atoms with E-state index in [1.54, 1.807) is 0 Å². The van der Waals surface area contributed by atoms with Gasteiger partial charge in [-0.3, -0.25) is 4.98 Å². The Kier molecular flexibility index (Phi) is 12.4. The Labute approximate surface area is 347 Å². The van der Waals surface area contributed by atoms with Crippen LogP contribution in [-0.4, -0.2) is 22.6 Å². The van der Waals surface area contributed by atoms with Crippen molar-refractivity contribution in [3.8, 4) is 28.3 Å². The van der Waals surface area contributed by atoms with E-state index in [0.717, 1.165) is 62.0 Å². The maximum atomic E-state index is 6.40. The van der Waals surface area contributed by atoms with E-state index in [2.05, 4.69) is 164 Å². The van der Waals surface area contributed by atoms with Crippen LogP contribution in [0.25, 0.3) is 61.3 Å². The first kappa shape index (κ1) is 41.0. The molecule has 0 fully saturated rings. The molecule has 0 bridgehead atoms. The number of aromatic nitrogens is 3. The number of hydrogen-bond donors (Lipinski definition) is 0. The van der Waals surface area contributed by atoms with Crippen LogP contribution < -0.4 is 5.19 Å². The number of pyridine rings is 1. The van der Waals surface area contributed by atoms with E-state index < -0.39 is 8.07 Å². The third kappa shape index (κ3) is 8.25. The minimum atomic E-state index is -1.35. The SMILES string of the molecule is CC(C)c1cccc(C(C)C)c1-n1c(-c2[c-]ccc3c2oc2ccccc23)nc2ccccc21.Cc1cc[c-]c(-c2cc(CC(C)C)c([Si](C)(C)C)cn2)c1.[Ir]. The summed E-state index contributed by atoms with van der Waals surface area (Å²) in [6, 6.07) is 42.6. The zero-order chi connectivity index (χ0) is 39.0. The fraction of sp³-hybridized carbons (Fsp3) is 0.280. The van der Waals surface area contributed by atoms with Gasteiger partial charge in [-0.1, -0.05) is 139 Å². The second-order valence-corrected chi connectivity index (χ2v) is 21.9. The molecule has 0 saturated carbocycles. The number of hydrogen-bond acceptors (Lipinski definition) is 3. The molecular weight excluding hydrogens is 879 g/mol. The number of imidazole rings is 1. The molecule has 4 nitrogen and oxygen atoms in total. The monoisotopic (exact) mass is 932 g/mol. The molecule has 0 atom stereocenters. The van der Waals surface area contributed by atoms with Crippen molar-refractivity contribution in [1.29, 1.82) is 0 Å². The third-order valence-electron chi connectivity index (χ3n) is 10.3. The minimum absolute atomic E-state index is 0. The fourth-order valence-corrected chi connectivity index (χ4v) is 9.29. The summed E-state index contributed by atoms with van der Waals surface area (Å²) in [7, 11) is -1.35. The molecule has 0 N–H and O–H groups in total. The molecule has 0 unspecified atom stereocenters. The summed E-state index contributed by atoms with van der Waals surface area (Å²) in [5.41, 5.74) is 13.4. The van der Waals surface area contributed by atoms with E-state index >= 15 is 0 Å². The number of furan rings is 1. The number of fused-ring (bicyclic) bond motifs is 4. The molecule has 5 aromatic carbocycles. The van der Waals surface area contributed by atoms with Crippen LogP contribution in [0.15, 0.2) is 114 Å². The van der Waals surface area contributed by atoms with Crippen molar-refractivity contribution in [3.05, 3.63) is 144 Å². The molecule has 8 aromatic rings. The maximum absolute atomic E-state index is 6.40. The Morgan fingerprint density at radius 1 is 0.750 bits per heavy atom. The van der Waals surface area contributed by atoms with Crippen molar-refractivity contribution in [2.75, 3.05) is 0 Å². The smallest absolute Gasteiger partial charge is 0.120 e. The molecule has 289 valence electrons. The summed E-state index contributed by atoms with van der Waals surface area (Å²) >= 11 is 0. The van der Waals surface area contributed by atoms with Crippen molar-refractivity contribution < 1.29 is 24.5 Å². The second-order valence-electron chi connectivity index (χ2n) is 16.9. The van der Waals surface area contributed by atoms with Crippen LogP contribution in [0.5, 0.6) is 0 Å². The van der Waals surface area contributed by atoms with E-state index in [-0.39, 0.29) is 20.1 Å². The topological polar surface area (TPSA) is 43.9 Å². The molecule has 0 aliphatic carbocycles. The zero-order valence-corrected chi connectivity index (χ0v) is 37.8. The van der Waals surface area contributed by atoms with Gasteiger partial charge in [-0.05, 0) is 64.4 Å². The van der Waals surface area contributed by atoms with E-state index in [1.807, 2.05) is 30.3 Å². The number of aryl methyl sites for hydroxylation is 1. The van der Waals surface area contributed by atoms with Crippen LogP contribution >= 0.6 is 0 Å². The quantitative estimate of drug-likeness (QED) is 0.113. The first-order valence-electron chi connectivity index (χ1n) is 19.7. The minimum Gasteiger partial charge on any atom is -0.501 e. The second kappa shape index (κ2) is 16.9. The normalized spacial score (nSPS) is 11.8. The van der Waals surface area contributed by atoms with Gasteiger partial charge in [-0.2, -0.15) is 0 Å². The maximum Gasteiger partial charge on any atom is 0.120 e. The molecule has 8 rings (SSSR count). The Morgan fingerprint density at radius 2 is 1.43 bits per heavy atom. The van der Waals surface area contributed by atoms with Crippen LogP contribution in [0.1, 0.15) is 75.6 Å². The Hall–Kier alpha value is -4.61. The van der Waals surface area contributed by atoms with Gasteiger partial charge in [0.2, 0.25) is 0 Å². The van der Waals surface area contributed by atoms with Gasteiger partial charge >= 0.3 is 0 Å². The average molecular weight is 932 g/mol. The molecule has 6 heteroatoms. The Morgan fingerprint density at radius 3 is 2.11 bits per heavy atom. The molecule has 3 heterocycles. The molecule has 0 aliphatic heterocycles. The predicted octanol–water partition coefficient (Wildman–Crippen LogP) is 13.2. The van der Waals surface area contributed by atoms with Gasteiger partial charge in [0.05, 0.1) is 30.5 Å². The first-order chi connectivity index (χ1) is 26.3. The standard InChI is InChI=1S/C31H27N2O.C19H26NSi.Ir/c1-19(2)21-12-9-13-22(20(3)4)29(21)33-27-17-7-6-16-26(27)32-31(33)25-15-10-14-24-23-11-5-8-18-28(23)34-30(24)25;1-14(2)10-17-12-18(16-9-7-8-15(3)11-16)20-13-19(17)21(4,5)6;/h5-14,16-20H,1-4H3;7-8,11-14H,10H2,1-6H3;/q2*-1;. The Bertz CT molecular complexity index is 2600. The van der Waals surface area contributed by atoms with Gasteiger partial charge in [0.25, 0.3) is 0 Å². The predicted molar refractivity (Wildman–Crippen MR) is 236 cm³/mol. The van der Waals surface area contributed by atoms with Crippen molar-refractivity contribution >= 4 is 46.2 Å². The van der Waals surface area contributed by atoms with Gasteiger partial charge in [0.15, 0.2) is 0 Å². The molecule has 0 amide bonds. The van der Waals surface area contributed by atoms with E-state index in [9.17, 15) is 0 Å². The van der Waals surface area contributed by atoms with Crippen LogP contribution in [0.2, 0.25) is 19.6 Å². The number of benzene rings is 5. The van der Waals surface area contributed by atoms with Gasteiger partial charge in [-0.15, -0.1) is 53.6 Å². The molecule has 0 spiro atoms. The molecule has 56 heavy (non-hydrogen) atoms. The summed E-state index contributed by atoms with van der Waals surface area (Å²) in [5, 5.41) is 3.69. The van der Waals surface area contributed by atoms with Crippen LogP contribution in [0.3, 0.4) is 0 Å². The molecular formula is C50H53IrN3OSi-2. The van der Waals surface area contributed by atoms with Crippen molar-refractivity contribution in [2.24, 2.45) is 5.92 Å². The summed E-state index contributed by atoms with van der Waals surface area (Å²) in [4.78, 5) is 9.88. The number of para-hydroxylation sites is 4. The van der Waals surface area contributed by atoms with Gasteiger partial charge in [0.1, 0.15) is 5.58 Å². The summed E-state index contributed by atoms with van der Waals surface area (Å²) in [6.07, 6.45) is 3.25.